The van der Waals surface area contributed by atoms with Crippen molar-refractivity contribution in [1.82, 2.24) is 29.4 Å². The molecular weight excluding hydrogens is 392 g/mol. The molecule has 9 heteroatoms. The van der Waals surface area contributed by atoms with Crippen molar-refractivity contribution in [2.45, 2.75) is 0 Å². The Morgan fingerprint density at radius 2 is 1.77 bits per heavy atom. The number of nitrogens with zero attached hydrogens (tertiary/aromatic N) is 6. The molecule has 0 aliphatic carbocycles. The minimum Gasteiger partial charge on any atom is -0.379 e. The maximum Gasteiger partial charge on any atom is 0.232 e. The molecule has 0 radical (unpaired) electrons. The van der Waals surface area contributed by atoms with E-state index < -0.39 is 0 Å². The highest BCUT2D eigenvalue weighted by molar-refractivity contribution is 5.85. The first-order valence-electron chi connectivity index (χ1n) is 10.4. The summed E-state index contributed by atoms with van der Waals surface area (Å²) in [6.07, 6.45) is 3.52. The van der Waals surface area contributed by atoms with Crippen LogP contribution >= 0.6 is 0 Å². The molecule has 0 spiro atoms. The zero-order valence-corrected chi connectivity index (χ0v) is 17.1. The number of benzene rings is 1. The monoisotopic (exact) mass is 416 g/mol. The molecular formula is C22H24N8O. The molecule has 3 aromatic heterocycles. The molecule has 0 unspecified atom stereocenters. The van der Waals surface area contributed by atoms with Gasteiger partial charge in [0.1, 0.15) is 12.1 Å². The van der Waals surface area contributed by atoms with Gasteiger partial charge >= 0.3 is 0 Å². The SMILES string of the molecule is c1ccc(-n2cnc3c(NCCN4CCOCC4)nc(Nc4ccccn4)nc32)cc1. The number of hydrogen-bond donors (Lipinski definition) is 2. The molecule has 1 aromatic carbocycles. The number of imidazole rings is 1. The van der Waals surface area contributed by atoms with Gasteiger partial charge in [0.2, 0.25) is 5.95 Å². The van der Waals surface area contributed by atoms with Crippen molar-refractivity contribution in [1.29, 1.82) is 0 Å². The van der Waals surface area contributed by atoms with E-state index in [9.17, 15) is 0 Å². The van der Waals surface area contributed by atoms with Gasteiger partial charge in [-0.3, -0.25) is 9.47 Å². The fourth-order valence-electron chi connectivity index (χ4n) is 3.57. The lowest BCUT2D eigenvalue weighted by molar-refractivity contribution is 0.0398. The molecule has 5 rings (SSSR count). The van der Waals surface area contributed by atoms with E-state index in [0.717, 1.165) is 56.2 Å². The van der Waals surface area contributed by atoms with Gasteiger partial charge in [-0.1, -0.05) is 24.3 Å². The van der Waals surface area contributed by atoms with Crippen molar-refractivity contribution in [3.63, 3.8) is 0 Å². The lowest BCUT2D eigenvalue weighted by Gasteiger charge is -2.26. The van der Waals surface area contributed by atoms with Crippen molar-refractivity contribution < 1.29 is 4.74 Å². The molecule has 1 aliphatic rings. The third kappa shape index (κ3) is 4.47. The molecule has 1 fully saturated rings. The number of aromatic nitrogens is 5. The van der Waals surface area contributed by atoms with Gasteiger partial charge in [0.15, 0.2) is 17.0 Å². The predicted octanol–water partition coefficient (Wildman–Crippen LogP) is 2.70. The van der Waals surface area contributed by atoms with E-state index in [-0.39, 0.29) is 0 Å². The average molecular weight is 416 g/mol. The molecule has 158 valence electrons. The zero-order valence-electron chi connectivity index (χ0n) is 17.1. The van der Waals surface area contributed by atoms with Gasteiger partial charge in [-0.15, -0.1) is 0 Å². The largest absolute Gasteiger partial charge is 0.379 e. The van der Waals surface area contributed by atoms with Crippen LogP contribution in [-0.4, -0.2) is 68.8 Å². The van der Waals surface area contributed by atoms with E-state index in [2.05, 4.69) is 25.5 Å². The summed E-state index contributed by atoms with van der Waals surface area (Å²) in [5.74, 6) is 1.86. The minimum absolute atomic E-state index is 0.470. The Morgan fingerprint density at radius 1 is 0.935 bits per heavy atom. The molecule has 0 atom stereocenters. The van der Waals surface area contributed by atoms with Crippen LogP contribution < -0.4 is 10.6 Å². The van der Waals surface area contributed by atoms with E-state index in [0.29, 0.717) is 17.6 Å². The van der Waals surface area contributed by atoms with Gasteiger partial charge in [0.25, 0.3) is 0 Å². The number of anilines is 3. The Bertz CT molecular complexity index is 1130. The van der Waals surface area contributed by atoms with Crippen molar-refractivity contribution in [2.24, 2.45) is 0 Å². The van der Waals surface area contributed by atoms with Crippen LogP contribution in [0.15, 0.2) is 61.1 Å². The van der Waals surface area contributed by atoms with E-state index in [4.69, 9.17) is 14.7 Å². The zero-order chi connectivity index (χ0) is 20.9. The first-order chi connectivity index (χ1) is 15.4. The van der Waals surface area contributed by atoms with Gasteiger partial charge in [-0.05, 0) is 24.3 Å². The highest BCUT2D eigenvalue weighted by Gasteiger charge is 2.16. The topological polar surface area (TPSA) is 93.0 Å². The lowest BCUT2D eigenvalue weighted by Crippen LogP contribution is -2.39. The molecule has 31 heavy (non-hydrogen) atoms. The van der Waals surface area contributed by atoms with E-state index in [1.165, 1.54) is 0 Å². The number of morpholine rings is 1. The summed E-state index contributed by atoms with van der Waals surface area (Å²) in [4.78, 5) is 20.7. The van der Waals surface area contributed by atoms with Crippen LogP contribution in [0, 0.1) is 0 Å². The maximum atomic E-state index is 5.43. The highest BCUT2D eigenvalue weighted by atomic mass is 16.5. The van der Waals surface area contributed by atoms with Gasteiger partial charge in [0, 0.05) is 38.1 Å². The van der Waals surface area contributed by atoms with E-state index in [1.807, 2.05) is 53.1 Å². The summed E-state index contributed by atoms with van der Waals surface area (Å²) in [6, 6.07) is 15.7. The highest BCUT2D eigenvalue weighted by Crippen LogP contribution is 2.24. The standard InChI is InChI=1S/C22H24N8O/c1-2-6-17(7-3-1)30-16-25-19-20(24-10-11-29-12-14-31-15-13-29)27-22(28-21(19)30)26-18-8-4-5-9-23-18/h1-9,16H,10-15H2,(H2,23,24,26,27,28). The molecule has 0 bridgehead atoms. The number of ether oxygens (including phenoxy) is 1. The first-order valence-corrected chi connectivity index (χ1v) is 10.4. The third-order valence-electron chi connectivity index (χ3n) is 5.16. The molecule has 4 heterocycles. The minimum atomic E-state index is 0.470. The number of para-hydroxylation sites is 1. The Hall–Kier alpha value is -3.56. The van der Waals surface area contributed by atoms with Gasteiger partial charge in [-0.2, -0.15) is 9.97 Å². The average Bonchev–Trinajstić information content (AvgIpc) is 3.25. The Balaban J connectivity index is 1.46. The third-order valence-corrected chi connectivity index (χ3v) is 5.16. The van der Waals surface area contributed by atoms with Crippen LogP contribution in [0.3, 0.4) is 0 Å². The Labute approximate surface area is 180 Å². The number of nitrogens with one attached hydrogen (secondary N) is 2. The second-order valence-corrected chi connectivity index (χ2v) is 7.24. The number of fused-ring (bicyclic) bond motifs is 1. The van der Waals surface area contributed by atoms with Crippen LogP contribution in [0.25, 0.3) is 16.9 Å². The summed E-state index contributed by atoms with van der Waals surface area (Å²) >= 11 is 0. The molecule has 1 saturated heterocycles. The quantitative estimate of drug-likeness (QED) is 0.475. The van der Waals surface area contributed by atoms with Crippen LogP contribution in [-0.2, 0) is 4.74 Å². The summed E-state index contributed by atoms with van der Waals surface area (Å²) in [7, 11) is 0. The Morgan fingerprint density at radius 3 is 2.58 bits per heavy atom. The summed E-state index contributed by atoms with van der Waals surface area (Å²) in [6.45, 7) is 5.16. The predicted molar refractivity (Wildman–Crippen MR) is 120 cm³/mol. The second-order valence-electron chi connectivity index (χ2n) is 7.24. The van der Waals surface area contributed by atoms with Gasteiger partial charge in [0.05, 0.1) is 13.2 Å². The molecule has 2 N–H and O–H groups in total. The van der Waals surface area contributed by atoms with Gasteiger partial charge in [-0.25, -0.2) is 9.97 Å². The van der Waals surface area contributed by atoms with Crippen LogP contribution in [0.2, 0.25) is 0 Å². The first kappa shape index (κ1) is 19.4. The molecule has 4 aromatic rings. The number of rotatable bonds is 7. The number of hydrogen-bond acceptors (Lipinski definition) is 8. The molecule has 1 aliphatic heterocycles. The molecule has 9 nitrogen and oxygen atoms in total. The van der Waals surface area contributed by atoms with E-state index in [1.54, 1.807) is 12.5 Å². The summed E-state index contributed by atoms with van der Waals surface area (Å²) in [5, 5.41) is 6.66. The van der Waals surface area contributed by atoms with Crippen molar-refractivity contribution in [2.75, 3.05) is 50.0 Å². The normalized spacial score (nSPS) is 14.6. The van der Waals surface area contributed by atoms with Crippen LogP contribution in [0.1, 0.15) is 0 Å². The number of pyridine rings is 1. The fraction of sp³-hybridized carbons (Fsp3) is 0.273. The fourth-order valence-corrected chi connectivity index (χ4v) is 3.57. The lowest BCUT2D eigenvalue weighted by atomic mass is 10.3. The van der Waals surface area contributed by atoms with Crippen LogP contribution in [0.5, 0.6) is 0 Å². The van der Waals surface area contributed by atoms with Crippen LogP contribution in [0.4, 0.5) is 17.6 Å². The van der Waals surface area contributed by atoms with Crippen molar-refractivity contribution >= 4 is 28.7 Å². The van der Waals surface area contributed by atoms with E-state index >= 15 is 0 Å². The second kappa shape index (κ2) is 9.07. The maximum absolute atomic E-state index is 5.43. The summed E-state index contributed by atoms with van der Waals surface area (Å²) in [5.41, 5.74) is 2.46. The van der Waals surface area contributed by atoms with Crippen molar-refractivity contribution in [3.05, 3.63) is 61.1 Å². The Kier molecular flexibility index (Phi) is 5.68. The smallest absolute Gasteiger partial charge is 0.232 e. The van der Waals surface area contributed by atoms with Gasteiger partial charge < -0.3 is 15.4 Å². The summed E-state index contributed by atoms with van der Waals surface area (Å²) < 4.78 is 7.40. The molecule has 0 amide bonds. The van der Waals surface area contributed by atoms with Crippen molar-refractivity contribution in [3.8, 4) is 5.69 Å². The molecule has 0 saturated carbocycles.